The molecule has 6 heteroatoms. The third-order valence-corrected chi connectivity index (χ3v) is 5.05. The Kier molecular flexibility index (Phi) is 8.72. The summed E-state index contributed by atoms with van der Waals surface area (Å²) in [5, 5.41) is 0. The van der Waals surface area contributed by atoms with E-state index in [1.807, 2.05) is 0 Å². The van der Waals surface area contributed by atoms with Crippen LogP contribution >= 0.6 is 0 Å². The van der Waals surface area contributed by atoms with E-state index in [9.17, 15) is 13.2 Å². The molecule has 0 aromatic carbocycles. The zero-order chi connectivity index (χ0) is 9.68. The summed E-state index contributed by atoms with van der Waals surface area (Å²) < 4.78 is 41.5. The van der Waals surface area contributed by atoms with Crippen molar-refractivity contribution in [2.75, 3.05) is 6.61 Å². The Bertz CT molecular complexity index is 145. The molecule has 2 unspecified atom stereocenters. The number of rotatable bonds is 4. The van der Waals surface area contributed by atoms with Gasteiger partial charge in [-0.25, -0.2) is 13.2 Å². The van der Waals surface area contributed by atoms with Gasteiger partial charge in [-0.3, -0.25) is 0 Å². The molecule has 0 saturated carbocycles. The van der Waals surface area contributed by atoms with Gasteiger partial charge < -0.3 is 4.43 Å². The molecule has 0 aliphatic carbocycles. The van der Waals surface area contributed by atoms with Crippen LogP contribution in [0.3, 0.4) is 0 Å². The molecule has 1 rings (SSSR count). The van der Waals surface area contributed by atoms with E-state index < -0.39 is 21.6 Å². The Balaban J connectivity index is 0.00000169. The topological polar surface area (TPSA) is 9.23 Å². The molecule has 0 aromatic heterocycles. The standard InChI is InChI=1S/C8H15F3OSi.Na.H/c9-7(8(10)11)3-6-13-5-2-1-4-12-13;;/h7-8,13H,1-6H2;;. The van der Waals surface area contributed by atoms with Gasteiger partial charge in [0.25, 0.3) is 6.43 Å². The van der Waals surface area contributed by atoms with E-state index in [1.54, 1.807) is 0 Å². The minimum atomic E-state index is -2.82. The molecule has 1 heterocycles. The van der Waals surface area contributed by atoms with Crippen LogP contribution in [0.4, 0.5) is 13.2 Å². The van der Waals surface area contributed by atoms with Crippen molar-refractivity contribution in [3.05, 3.63) is 0 Å². The van der Waals surface area contributed by atoms with Gasteiger partial charge in [0.2, 0.25) is 0 Å². The van der Waals surface area contributed by atoms with E-state index in [0.29, 0.717) is 6.04 Å². The van der Waals surface area contributed by atoms with Gasteiger partial charge in [0, 0.05) is 6.61 Å². The number of alkyl halides is 3. The summed E-state index contributed by atoms with van der Waals surface area (Å²) in [6.45, 7) is 0.752. The molecular formula is C8H16F3NaOSi. The maximum atomic E-state index is 12.5. The first-order valence-corrected chi connectivity index (χ1v) is 6.84. The van der Waals surface area contributed by atoms with Crippen molar-refractivity contribution < 1.29 is 17.6 Å². The summed E-state index contributed by atoms with van der Waals surface area (Å²) in [4.78, 5) is 0. The first-order valence-electron chi connectivity index (χ1n) is 4.74. The Morgan fingerprint density at radius 2 is 1.93 bits per heavy atom. The molecule has 0 amide bonds. The first-order chi connectivity index (χ1) is 6.20. The van der Waals surface area contributed by atoms with Gasteiger partial charge in [-0.1, -0.05) is 6.42 Å². The van der Waals surface area contributed by atoms with Crippen LogP contribution in [0.2, 0.25) is 12.1 Å². The molecule has 1 aliphatic rings. The Morgan fingerprint density at radius 3 is 2.43 bits per heavy atom. The van der Waals surface area contributed by atoms with Crippen LogP contribution in [0.1, 0.15) is 19.3 Å². The second-order valence-corrected chi connectivity index (χ2v) is 6.15. The maximum absolute atomic E-state index is 12.5. The molecule has 0 spiro atoms. The van der Waals surface area contributed by atoms with Crippen LogP contribution in [-0.4, -0.2) is 57.8 Å². The predicted octanol–water partition coefficient (Wildman–Crippen LogP) is 1.87. The van der Waals surface area contributed by atoms with Crippen LogP contribution in [0.5, 0.6) is 0 Å². The normalized spacial score (nSPS) is 24.4. The van der Waals surface area contributed by atoms with Crippen molar-refractivity contribution in [2.24, 2.45) is 0 Å². The van der Waals surface area contributed by atoms with Gasteiger partial charge in [0.1, 0.15) is 0 Å². The molecule has 80 valence electrons. The van der Waals surface area contributed by atoms with E-state index in [-0.39, 0.29) is 36.0 Å². The van der Waals surface area contributed by atoms with Crippen molar-refractivity contribution in [2.45, 2.75) is 43.9 Å². The fourth-order valence-electron chi connectivity index (χ4n) is 1.51. The van der Waals surface area contributed by atoms with Crippen LogP contribution in [0.25, 0.3) is 0 Å². The summed E-state index contributed by atoms with van der Waals surface area (Å²) in [7, 11) is -1.30. The van der Waals surface area contributed by atoms with Crippen molar-refractivity contribution in [3.8, 4) is 0 Å². The van der Waals surface area contributed by atoms with Crippen LogP contribution in [0.15, 0.2) is 0 Å². The van der Waals surface area contributed by atoms with Gasteiger partial charge >= 0.3 is 29.6 Å². The molecule has 0 N–H and O–H groups in total. The van der Waals surface area contributed by atoms with Gasteiger partial charge in [-0.2, -0.15) is 0 Å². The predicted molar refractivity (Wildman–Crippen MR) is 54.6 cm³/mol. The van der Waals surface area contributed by atoms with Gasteiger partial charge in [-0.05, 0) is 24.9 Å². The number of halogens is 3. The molecule has 0 bridgehead atoms. The average Bonchev–Trinajstić information content (AvgIpc) is 2.15. The van der Waals surface area contributed by atoms with E-state index >= 15 is 0 Å². The molecule has 1 fully saturated rings. The van der Waals surface area contributed by atoms with Gasteiger partial charge in [-0.15, -0.1) is 0 Å². The molecule has 1 saturated heterocycles. The van der Waals surface area contributed by atoms with Crippen LogP contribution < -0.4 is 0 Å². The van der Waals surface area contributed by atoms with Crippen molar-refractivity contribution in [1.82, 2.24) is 0 Å². The Hall–Kier alpha value is 0.967. The summed E-state index contributed by atoms with van der Waals surface area (Å²) in [6.07, 6.45) is -2.59. The van der Waals surface area contributed by atoms with Crippen LogP contribution in [-0.2, 0) is 4.43 Å². The number of hydrogen-bond donors (Lipinski definition) is 0. The fraction of sp³-hybridized carbons (Fsp3) is 1.00. The zero-order valence-electron chi connectivity index (χ0n) is 7.52. The first kappa shape index (κ1) is 15.0. The molecule has 0 aromatic rings. The molecule has 0 radical (unpaired) electrons. The van der Waals surface area contributed by atoms with E-state index in [0.717, 1.165) is 25.5 Å². The number of hydrogen-bond acceptors (Lipinski definition) is 1. The SMILES string of the molecule is FC(F)C(F)CC[SiH]1CCCCO1.[NaH]. The van der Waals surface area contributed by atoms with Crippen LogP contribution in [0, 0.1) is 0 Å². The molecule has 14 heavy (non-hydrogen) atoms. The van der Waals surface area contributed by atoms with E-state index in [1.165, 1.54) is 0 Å². The molecule has 1 aliphatic heterocycles. The summed E-state index contributed by atoms with van der Waals surface area (Å²) in [5.41, 5.74) is 0. The Labute approximate surface area is 106 Å². The zero-order valence-corrected chi connectivity index (χ0v) is 8.67. The third kappa shape index (κ3) is 5.75. The average molecular weight is 236 g/mol. The summed E-state index contributed by atoms with van der Waals surface area (Å²) in [5.74, 6) is 0. The minimum absolute atomic E-state index is 0. The summed E-state index contributed by atoms with van der Waals surface area (Å²) in [6, 6.07) is 1.58. The van der Waals surface area contributed by atoms with E-state index in [2.05, 4.69) is 0 Å². The second kappa shape index (κ2) is 8.16. The Morgan fingerprint density at radius 1 is 1.21 bits per heavy atom. The van der Waals surface area contributed by atoms with Gasteiger partial charge in [0.15, 0.2) is 15.2 Å². The molecule has 2 atom stereocenters. The molecule has 1 nitrogen and oxygen atoms in total. The van der Waals surface area contributed by atoms with Gasteiger partial charge in [0.05, 0.1) is 0 Å². The van der Waals surface area contributed by atoms with Crippen molar-refractivity contribution in [3.63, 3.8) is 0 Å². The second-order valence-electron chi connectivity index (χ2n) is 3.42. The van der Waals surface area contributed by atoms with E-state index in [4.69, 9.17) is 4.43 Å². The molecular weight excluding hydrogens is 220 g/mol. The fourth-order valence-corrected chi connectivity index (χ4v) is 4.06. The van der Waals surface area contributed by atoms with Crippen molar-refractivity contribution in [1.29, 1.82) is 0 Å². The monoisotopic (exact) mass is 236 g/mol. The third-order valence-electron chi connectivity index (χ3n) is 2.31. The quantitative estimate of drug-likeness (QED) is 0.677. The van der Waals surface area contributed by atoms with Crippen molar-refractivity contribution >= 4 is 38.6 Å². The summed E-state index contributed by atoms with van der Waals surface area (Å²) >= 11 is 0.